The average Bonchev–Trinajstić information content (AvgIpc) is 2.99. The highest BCUT2D eigenvalue weighted by molar-refractivity contribution is 6.30. The Kier molecular flexibility index (Phi) is 5.18. The van der Waals surface area contributed by atoms with Crippen LogP contribution < -0.4 is 5.32 Å². The van der Waals surface area contributed by atoms with Gasteiger partial charge in [0.15, 0.2) is 0 Å². The Hall–Kier alpha value is -2.30. The van der Waals surface area contributed by atoms with Crippen molar-refractivity contribution in [1.29, 1.82) is 0 Å². The minimum absolute atomic E-state index is 0.0941. The summed E-state index contributed by atoms with van der Waals surface area (Å²) in [5.41, 5.74) is 2.66. The van der Waals surface area contributed by atoms with Gasteiger partial charge in [-0.25, -0.2) is 0 Å². The zero-order valence-corrected chi connectivity index (χ0v) is 14.3. The Bertz CT molecular complexity index is 826. The van der Waals surface area contributed by atoms with Crippen molar-refractivity contribution in [2.45, 2.75) is 13.0 Å². The average molecular weight is 360 g/mol. The SMILES string of the molecule is O=C(Cc1ccc(Cl)cc1)Nc1cnn(Cc2ccc(Cl)cc2)c1. The van der Waals surface area contributed by atoms with Crippen molar-refractivity contribution in [3.05, 3.63) is 82.1 Å². The zero-order chi connectivity index (χ0) is 16.9. The summed E-state index contributed by atoms with van der Waals surface area (Å²) in [6.07, 6.45) is 3.73. The van der Waals surface area contributed by atoms with Crippen molar-refractivity contribution in [3.8, 4) is 0 Å². The minimum Gasteiger partial charge on any atom is -0.323 e. The van der Waals surface area contributed by atoms with Crippen LogP contribution in [0.25, 0.3) is 0 Å². The quantitative estimate of drug-likeness (QED) is 0.732. The highest BCUT2D eigenvalue weighted by Crippen LogP contribution is 2.13. The third kappa shape index (κ3) is 4.60. The van der Waals surface area contributed by atoms with Crippen LogP contribution in [0.15, 0.2) is 60.9 Å². The molecule has 0 radical (unpaired) electrons. The molecule has 0 fully saturated rings. The van der Waals surface area contributed by atoms with Crippen LogP contribution in [0.3, 0.4) is 0 Å². The summed E-state index contributed by atoms with van der Waals surface area (Å²) in [5.74, 6) is -0.0941. The van der Waals surface area contributed by atoms with Gasteiger partial charge in [0.05, 0.1) is 24.8 Å². The molecule has 0 unspecified atom stereocenters. The lowest BCUT2D eigenvalue weighted by Crippen LogP contribution is -2.13. The van der Waals surface area contributed by atoms with Crippen LogP contribution in [-0.4, -0.2) is 15.7 Å². The standard InChI is InChI=1S/C18H15Cl2N3O/c19-15-5-1-13(2-6-15)9-18(24)22-17-10-21-23(12-17)11-14-3-7-16(20)8-4-14/h1-8,10,12H,9,11H2,(H,22,24). The van der Waals surface area contributed by atoms with Gasteiger partial charge in [-0.05, 0) is 35.4 Å². The molecule has 1 amide bonds. The normalized spacial score (nSPS) is 10.6. The first kappa shape index (κ1) is 16.6. The van der Waals surface area contributed by atoms with Gasteiger partial charge in [-0.1, -0.05) is 47.5 Å². The van der Waals surface area contributed by atoms with Crippen LogP contribution in [0.5, 0.6) is 0 Å². The van der Waals surface area contributed by atoms with Gasteiger partial charge in [-0.3, -0.25) is 9.48 Å². The van der Waals surface area contributed by atoms with E-state index in [4.69, 9.17) is 23.2 Å². The first-order valence-corrected chi connectivity index (χ1v) is 8.15. The molecular weight excluding hydrogens is 345 g/mol. The second-order valence-electron chi connectivity index (χ2n) is 5.40. The number of anilines is 1. The lowest BCUT2D eigenvalue weighted by atomic mass is 10.1. The Morgan fingerprint density at radius 1 is 0.958 bits per heavy atom. The molecule has 0 spiro atoms. The number of aromatic nitrogens is 2. The number of carbonyl (C=O) groups is 1. The number of nitrogens with one attached hydrogen (secondary N) is 1. The number of carbonyl (C=O) groups excluding carboxylic acids is 1. The highest BCUT2D eigenvalue weighted by Gasteiger charge is 2.06. The van der Waals surface area contributed by atoms with E-state index in [0.717, 1.165) is 11.1 Å². The number of hydrogen-bond acceptors (Lipinski definition) is 2. The van der Waals surface area contributed by atoms with Crippen molar-refractivity contribution in [1.82, 2.24) is 9.78 Å². The summed E-state index contributed by atoms with van der Waals surface area (Å²) in [7, 11) is 0. The molecule has 3 rings (SSSR count). The van der Waals surface area contributed by atoms with E-state index in [0.29, 0.717) is 28.7 Å². The summed E-state index contributed by atoms with van der Waals surface area (Å²) >= 11 is 11.7. The molecule has 1 aromatic heterocycles. The topological polar surface area (TPSA) is 46.9 Å². The molecule has 0 saturated carbocycles. The molecule has 0 atom stereocenters. The molecule has 6 heteroatoms. The Labute approximate surface area is 150 Å². The van der Waals surface area contributed by atoms with Crippen LogP contribution in [0.2, 0.25) is 10.0 Å². The molecule has 0 aliphatic rings. The van der Waals surface area contributed by atoms with Crippen LogP contribution in [0.4, 0.5) is 5.69 Å². The van der Waals surface area contributed by atoms with Gasteiger partial charge < -0.3 is 5.32 Å². The maximum Gasteiger partial charge on any atom is 0.228 e. The van der Waals surface area contributed by atoms with Gasteiger partial charge in [0.2, 0.25) is 5.91 Å². The smallest absolute Gasteiger partial charge is 0.228 e. The van der Waals surface area contributed by atoms with E-state index in [1.54, 1.807) is 29.2 Å². The van der Waals surface area contributed by atoms with Crippen molar-refractivity contribution in [2.75, 3.05) is 5.32 Å². The van der Waals surface area contributed by atoms with Gasteiger partial charge in [0.1, 0.15) is 0 Å². The molecule has 3 aromatic rings. The third-order valence-corrected chi connectivity index (χ3v) is 3.96. The first-order valence-electron chi connectivity index (χ1n) is 7.40. The molecule has 0 aliphatic carbocycles. The second-order valence-corrected chi connectivity index (χ2v) is 6.28. The number of benzene rings is 2. The summed E-state index contributed by atoms with van der Waals surface area (Å²) in [5, 5.41) is 8.46. The molecule has 2 aromatic carbocycles. The van der Waals surface area contributed by atoms with Crippen LogP contribution in [0, 0.1) is 0 Å². The molecule has 0 bridgehead atoms. The van der Waals surface area contributed by atoms with Crippen molar-refractivity contribution >= 4 is 34.8 Å². The van der Waals surface area contributed by atoms with E-state index in [2.05, 4.69) is 10.4 Å². The largest absolute Gasteiger partial charge is 0.323 e. The fourth-order valence-corrected chi connectivity index (χ4v) is 2.54. The van der Waals surface area contributed by atoms with Crippen molar-refractivity contribution in [2.24, 2.45) is 0 Å². The van der Waals surface area contributed by atoms with E-state index in [-0.39, 0.29) is 5.91 Å². The summed E-state index contributed by atoms with van der Waals surface area (Å²) in [4.78, 5) is 12.1. The Morgan fingerprint density at radius 2 is 1.54 bits per heavy atom. The van der Waals surface area contributed by atoms with E-state index in [1.165, 1.54) is 0 Å². The van der Waals surface area contributed by atoms with Gasteiger partial charge in [-0.15, -0.1) is 0 Å². The van der Waals surface area contributed by atoms with Crippen molar-refractivity contribution in [3.63, 3.8) is 0 Å². The summed E-state index contributed by atoms with van der Waals surface area (Å²) in [6.45, 7) is 0.615. The molecule has 24 heavy (non-hydrogen) atoms. The summed E-state index contributed by atoms with van der Waals surface area (Å²) in [6, 6.07) is 14.8. The molecule has 1 N–H and O–H groups in total. The number of halogens is 2. The fraction of sp³-hybridized carbons (Fsp3) is 0.111. The molecule has 0 saturated heterocycles. The lowest BCUT2D eigenvalue weighted by molar-refractivity contribution is -0.115. The number of amides is 1. The highest BCUT2D eigenvalue weighted by atomic mass is 35.5. The molecule has 122 valence electrons. The Morgan fingerprint density at radius 3 is 2.17 bits per heavy atom. The second kappa shape index (κ2) is 7.51. The van der Waals surface area contributed by atoms with E-state index >= 15 is 0 Å². The molecule has 1 heterocycles. The fourth-order valence-electron chi connectivity index (χ4n) is 2.28. The predicted molar refractivity (Wildman–Crippen MR) is 96.6 cm³/mol. The lowest BCUT2D eigenvalue weighted by Gasteiger charge is -2.03. The van der Waals surface area contributed by atoms with Gasteiger partial charge in [0.25, 0.3) is 0 Å². The maximum absolute atomic E-state index is 12.1. The number of hydrogen-bond donors (Lipinski definition) is 1. The number of nitrogens with zero attached hydrogens (tertiary/aromatic N) is 2. The summed E-state index contributed by atoms with van der Waals surface area (Å²) < 4.78 is 1.77. The molecule has 0 aliphatic heterocycles. The van der Waals surface area contributed by atoms with Crippen LogP contribution in [-0.2, 0) is 17.8 Å². The van der Waals surface area contributed by atoms with Crippen molar-refractivity contribution < 1.29 is 4.79 Å². The van der Waals surface area contributed by atoms with Crippen LogP contribution >= 0.6 is 23.2 Å². The predicted octanol–water partition coefficient (Wildman–Crippen LogP) is 4.42. The molecular formula is C18H15Cl2N3O. The number of rotatable bonds is 5. The zero-order valence-electron chi connectivity index (χ0n) is 12.7. The van der Waals surface area contributed by atoms with E-state index in [1.807, 2.05) is 36.4 Å². The van der Waals surface area contributed by atoms with Gasteiger partial charge in [0, 0.05) is 16.2 Å². The first-order chi connectivity index (χ1) is 11.6. The monoisotopic (exact) mass is 359 g/mol. The van der Waals surface area contributed by atoms with Crippen LogP contribution in [0.1, 0.15) is 11.1 Å². The van der Waals surface area contributed by atoms with Gasteiger partial charge >= 0.3 is 0 Å². The minimum atomic E-state index is -0.0941. The maximum atomic E-state index is 12.1. The third-order valence-electron chi connectivity index (χ3n) is 3.45. The van der Waals surface area contributed by atoms with E-state index < -0.39 is 0 Å². The Balaban J connectivity index is 1.58. The van der Waals surface area contributed by atoms with Gasteiger partial charge in [-0.2, -0.15) is 5.10 Å². The van der Waals surface area contributed by atoms with E-state index in [9.17, 15) is 4.79 Å². The molecule has 4 nitrogen and oxygen atoms in total.